The summed E-state index contributed by atoms with van der Waals surface area (Å²) >= 11 is 0. The summed E-state index contributed by atoms with van der Waals surface area (Å²) in [5, 5.41) is -0.823. The number of hydrogen-bond donors (Lipinski definition) is 0. The second-order valence-electron chi connectivity index (χ2n) is 3.06. The first-order valence-electron chi connectivity index (χ1n) is 5.73. The first-order valence-corrected chi connectivity index (χ1v) is 10.1. The van der Waals surface area contributed by atoms with E-state index in [2.05, 4.69) is 27.4 Å². The molecule has 0 saturated carbocycles. The standard InChI is InChI=1S/C6H18NO12P3.3Na/c1-4-14-20(8,9)17-7(18-21(10,11)15-5-2)19-22(12,13)16-6-3;;;/h4-6H2,1-3H3,(H,8,9)(H,10,11)(H,12,13);;;/q;3*+1/p-3. The van der Waals surface area contributed by atoms with Crippen molar-refractivity contribution in [2.24, 2.45) is 0 Å². The average molecular weight is 455 g/mol. The molecule has 0 radical (unpaired) electrons. The molecule has 0 aromatic carbocycles. The summed E-state index contributed by atoms with van der Waals surface area (Å²) in [6.07, 6.45) is 0. The second-order valence-corrected chi connectivity index (χ2v) is 7.01. The van der Waals surface area contributed by atoms with Crippen LogP contribution in [0.3, 0.4) is 0 Å². The maximum absolute atomic E-state index is 11.2. The molecule has 0 aromatic rings. The molecule has 0 aliphatic carbocycles. The third-order valence-corrected chi connectivity index (χ3v) is 4.08. The summed E-state index contributed by atoms with van der Waals surface area (Å²) < 4.78 is 57.8. The molecule has 25 heavy (non-hydrogen) atoms. The van der Waals surface area contributed by atoms with E-state index in [-0.39, 0.29) is 108 Å². The van der Waals surface area contributed by atoms with Crippen LogP contribution in [-0.2, 0) is 41.1 Å². The molecule has 0 N–H and O–H groups in total. The molecule has 0 heterocycles. The van der Waals surface area contributed by atoms with Crippen molar-refractivity contribution >= 4 is 23.5 Å². The Balaban J connectivity index is -0.000000735. The molecule has 0 spiro atoms. The zero-order valence-corrected chi connectivity index (χ0v) is 23.5. The molecule has 0 saturated heterocycles. The zero-order chi connectivity index (χ0) is 17.4. The largest absolute Gasteiger partial charge is 1.00 e. The minimum atomic E-state index is -5.16. The van der Waals surface area contributed by atoms with Gasteiger partial charge in [0, 0.05) is 0 Å². The van der Waals surface area contributed by atoms with Crippen LogP contribution in [0.5, 0.6) is 0 Å². The summed E-state index contributed by atoms with van der Waals surface area (Å²) in [4.78, 5) is 33.7. The van der Waals surface area contributed by atoms with Crippen LogP contribution in [-0.4, -0.2) is 25.2 Å². The Morgan fingerprint density at radius 1 is 0.640 bits per heavy atom. The molecule has 19 heteroatoms. The molecule has 0 rings (SSSR count). The Kier molecular flexibility index (Phi) is 24.3. The maximum Gasteiger partial charge on any atom is 1.00 e. The number of phosphoric acid groups is 3. The monoisotopic (exact) mass is 455 g/mol. The quantitative estimate of drug-likeness (QED) is 0.154. The number of nitrogens with zero attached hydrogens (tertiary/aromatic N) is 1. The van der Waals surface area contributed by atoms with E-state index in [0.717, 1.165) is 0 Å². The fourth-order valence-electron chi connectivity index (χ4n) is 0.835. The Labute approximate surface area is 211 Å². The average Bonchev–Trinajstić information content (AvgIpc) is 2.25. The van der Waals surface area contributed by atoms with Crippen molar-refractivity contribution in [3.8, 4) is 0 Å². The minimum absolute atomic E-state index is 0. The van der Waals surface area contributed by atoms with Crippen LogP contribution < -0.4 is 103 Å². The topological polar surface area (TPSA) is 179 Å². The van der Waals surface area contributed by atoms with Gasteiger partial charge in [-0.1, -0.05) is 0 Å². The van der Waals surface area contributed by atoms with Crippen molar-refractivity contribution in [2.45, 2.75) is 20.8 Å². The Bertz CT molecular complexity index is 416. The summed E-state index contributed by atoms with van der Waals surface area (Å²) in [5.41, 5.74) is 0. The molecule has 3 atom stereocenters. The van der Waals surface area contributed by atoms with Crippen molar-refractivity contribution in [1.29, 1.82) is 0 Å². The van der Waals surface area contributed by atoms with Gasteiger partial charge in [0.15, 0.2) is 0 Å². The van der Waals surface area contributed by atoms with Gasteiger partial charge in [-0.25, -0.2) is 0 Å². The molecule has 13 nitrogen and oxygen atoms in total. The number of phosphoric ester groups is 3. The van der Waals surface area contributed by atoms with Crippen LogP contribution in [0.1, 0.15) is 20.8 Å². The van der Waals surface area contributed by atoms with Crippen molar-refractivity contribution in [2.75, 3.05) is 19.8 Å². The molecule has 0 amide bonds. The summed E-state index contributed by atoms with van der Waals surface area (Å²) in [5.74, 6) is 0. The van der Waals surface area contributed by atoms with E-state index in [1.165, 1.54) is 20.8 Å². The van der Waals surface area contributed by atoms with Crippen LogP contribution in [0.2, 0.25) is 0 Å². The Morgan fingerprint density at radius 3 is 1.00 bits per heavy atom. The van der Waals surface area contributed by atoms with Gasteiger partial charge in [-0.3, -0.25) is 13.7 Å². The van der Waals surface area contributed by atoms with Gasteiger partial charge in [0.05, 0.1) is 25.2 Å². The van der Waals surface area contributed by atoms with E-state index in [1.807, 2.05) is 0 Å². The van der Waals surface area contributed by atoms with E-state index < -0.39 is 28.9 Å². The SMILES string of the molecule is CCOP(=O)([O-])ON(OP(=O)([O-])OCC)OP(=O)([O-])OCC.[Na+].[Na+].[Na+]. The summed E-state index contributed by atoms with van der Waals surface area (Å²) in [7, 11) is -15.5. The third-order valence-electron chi connectivity index (χ3n) is 1.36. The number of rotatable bonds is 12. The molecular formula is C6H15NNa3O12P3. The molecule has 0 bridgehead atoms. The molecule has 0 aliphatic rings. The maximum atomic E-state index is 11.2. The fraction of sp³-hybridized carbons (Fsp3) is 1.00. The molecule has 134 valence electrons. The van der Waals surface area contributed by atoms with E-state index in [4.69, 9.17) is 0 Å². The van der Waals surface area contributed by atoms with Crippen molar-refractivity contribution < 1.29 is 144 Å². The molecule has 0 fully saturated rings. The first kappa shape index (κ1) is 35.7. The van der Waals surface area contributed by atoms with Gasteiger partial charge in [0.2, 0.25) is 0 Å². The van der Waals surface area contributed by atoms with Gasteiger partial charge in [-0.15, -0.1) is 0 Å². The third kappa shape index (κ3) is 19.0. The predicted octanol–water partition coefficient (Wildman–Crippen LogP) is -9.39. The Hall–Kier alpha value is 3.29. The van der Waals surface area contributed by atoms with Crippen LogP contribution in [0.4, 0.5) is 0 Å². The Morgan fingerprint density at radius 2 is 0.840 bits per heavy atom. The van der Waals surface area contributed by atoms with Crippen molar-refractivity contribution in [3.63, 3.8) is 0 Å². The second kappa shape index (κ2) is 17.0. The first-order chi connectivity index (χ1) is 9.97. The van der Waals surface area contributed by atoms with Gasteiger partial charge >= 0.3 is 88.7 Å². The normalized spacial score (nSPS) is 17.9. The minimum Gasteiger partial charge on any atom is -0.755 e. The van der Waals surface area contributed by atoms with Crippen LogP contribution in [0.15, 0.2) is 0 Å². The molecular weight excluding hydrogens is 440 g/mol. The van der Waals surface area contributed by atoms with E-state index in [9.17, 15) is 28.4 Å². The van der Waals surface area contributed by atoms with Crippen LogP contribution >= 0.6 is 23.5 Å². The van der Waals surface area contributed by atoms with Crippen molar-refractivity contribution in [1.82, 2.24) is 5.39 Å². The van der Waals surface area contributed by atoms with Gasteiger partial charge in [-0.05, 0) is 20.8 Å². The molecule has 3 unspecified atom stereocenters. The molecule has 0 aromatic heterocycles. The van der Waals surface area contributed by atoms with E-state index in [0.29, 0.717) is 0 Å². The van der Waals surface area contributed by atoms with Gasteiger partial charge in [0.1, 0.15) is 0 Å². The summed E-state index contributed by atoms with van der Waals surface area (Å²) in [6, 6.07) is 0. The van der Waals surface area contributed by atoms with Gasteiger partial charge < -0.3 is 28.3 Å². The smallest absolute Gasteiger partial charge is 0.755 e. The number of hydrogen-bond acceptors (Lipinski definition) is 13. The summed E-state index contributed by atoms with van der Waals surface area (Å²) in [6.45, 7) is 2.69. The van der Waals surface area contributed by atoms with Gasteiger partial charge in [-0.2, -0.15) is 13.9 Å². The van der Waals surface area contributed by atoms with Crippen LogP contribution in [0.25, 0.3) is 0 Å². The van der Waals surface area contributed by atoms with Crippen LogP contribution in [0, 0.1) is 0 Å². The predicted molar refractivity (Wildman–Crippen MR) is 62.8 cm³/mol. The van der Waals surface area contributed by atoms with Crippen molar-refractivity contribution in [3.05, 3.63) is 0 Å². The fourth-order valence-corrected chi connectivity index (χ4v) is 2.77. The molecule has 0 aliphatic heterocycles. The zero-order valence-electron chi connectivity index (χ0n) is 14.8. The van der Waals surface area contributed by atoms with E-state index in [1.54, 1.807) is 0 Å². The van der Waals surface area contributed by atoms with E-state index >= 15 is 0 Å². The van der Waals surface area contributed by atoms with Gasteiger partial charge in [0.25, 0.3) is 23.5 Å².